The summed E-state index contributed by atoms with van der Waals surface area (Å²) in [5, 5.41) is 35.4. The summed E-state index contributed by atoms with van der Waals surface area (Å²) in [5.74, 6) is -1.13. The minimum Gasteiger partial charge on any atom is -0.396 e. The topological polar surface area (TPSA) is 203 Å². The van der Waals surface area contributed by atoms with Gasteiger partial charge < -0.3 is 37.0 Å². The number of amides is 6. The number of rotatable bonds is 7. The van der Waals surface area contributed by atoms with Gasteiger partial charge in [-0.15, -0.1) is 0 Å². The Kier molecular flexibility index (Phi) is 9.41. The largest absolute Gasteiger partial charge is 0.396 e. The molecule has 1 heterocycles. The van der Waals surface area contributed by atoms with E-state index in [1.807, 2.05) is 10.6 Å². The highest BCUT2D eigenvalue weighted by Gasteiger charge is 2.32. The molecule has 144 valence electrons. The van der Waals surface area contributed by atoms with Crippen molar-refractivity contribution in [2.24, 2.45) is 11.1 Å². The van der Waals surface area contributed by atoms with E-state index in [-0.39, 0.29) is 13.2 Å². The lowest BCUT2D eigenvalue weighted by Crippen LogP contribution is -2.48. The van der Waals surface area contributed by atoms with E-state index < -0.39 is 41.6 Å². The van der Waals surface area contributed by atoms with Crippen LogP contribution in [0.4, 0.5) is 9.59 Å². The van der Waals surface area contributed by atoms with Gasteiger partial charge in [0.25, 0.3) is 5.91 Å². The van der Waals surface area contributed by atoms with E-state index in [1.54, 1.807) is 13.8 Å². The van der Waals surface area contributed by atoms with Gasteiger partial charge in [0.15, 0.2) is 6.17 Å². The summed E-state index contributed by atoms with van der Waals surface area (Å²) in [6.45, 7) is 3.27. The molecule has 0 aromatic carbocycles. The maximum Gasteiger partial charge on any atom is 0.323 e. The molecular weight excluding hydrogens is 338 g/mol. The molecule has 1 aliphatic heterocycles. The lowest BCUT2D eigenvalue weighted by molar-refractivity contribution is -0.137. The third-order valence-electron chi connectivity index (χ3n) is 3.09. The van der Waals surface area contributed by atoms with Crippen molar-refractivity contribution in [1.29, 1.82) is 0 Å². The zero-order chi connectivity index (χ0) is 19.6. The molecule has 12 nitrogen and oxygen atoms in total. The van der Waals surface area contributed by atoms with Gasteiger partial charge in [0, 0.05) is 18.6 Å². The molecule has 2 atom stereocenters. The third-order valence-corrected chi connectivity index (χ3v) is 3.09. The second-order valence-electron chi connectivity index (χ2n) is 5.82. The first-order chi connectivity index (χ1) is 11.5. The van der Waals surface area contributed by atoms with Gasteiger partial charge in [-0.2, -0.15) is 0 Å². The fraction of sp³-hybridized carbons (Fsp3) is 0.692. The molecule has 0 saturated carbocycles. The summed E-state index contributed by atoms with van der Waals surface area (Å²) < 4.78 is 0. The maximum atomic E-state index is 11.3. The van der Waals surface area contributed by atoms with Crippen molar-refractivity contribution in [2.45, 2.75) is 32.5 Å². The van der Waals surface area contributed by atoms with Gasteiger partial charge in [-0.25, -0.2) is 9.59 Å². The molecule has 1 rings (SSSR count). The number of carbonyl (C=O) groups excluding carboxylic acids is 4. The number of hydrogen-bond donors (Lipinski definition) is 8. The average Bonchev–Trinajstić information content (AvgIpc) is 2.84. The number of urea groups is 2. The van der Waals surface area contributed by atoms with Crippen molar-refractivity contribution >= 4 is 23.9 Å². The Morgan fingerprint density at radius 3 is 2.32 bits per heavy atom. The Morgan fingerprint density at radius 1 is 1.32 bits per heavy atom. The first kappa shape index (κ1) is 22.6. The molecule has 12 heteroatoms. The van der Waals surface area contributed by atoms with Crippen molar-refractivity contribution in [3.05, 3.63) is 0 Å². The predicted molar refractivity (Wildman–Crippen MR) is 84.8 cm³/mol. The number of hydrogen-bond acceptors (Lipinski definition) is 7. The molecule has 0 aliphatic carbocycles. The summed E-state index contributed by atoms with van der Waals surface area (Å²) in [4.78, 5) is 42.5. The predicted octanol–water partition coefficient (Wildman–Crippen LogP) is -3.32. The van der Waals surface area contributed by atoms with Crippen molar-refractivity contribution in [1.82, 2.24) is 21.3 Å². The zero-order valence-corrected chi connectivity index (χ0v) is 14.0. The van der Waals surface area contributed by atoms with Crippen molar-refractivity contribution in [2.75, 3.05) is 19.8 Å². The van der Waals surface area contributed by atoms with Gasteiger partial charge in [-0.1, -0.05) is 13.8 Å². The van der Waals surface area contributed by atoms with Crippen molar-refractivity contribution in [3.8, 4) is 0 Å². The first-order valence-corrected chi connectivity index (χ1v) is 7.40. The summed E-state index contributed by atoms with van der Waals surface area (Å²) in [6, 6.07) is -1.51. The Morgan fingerprint density at radius 2 is 1.92 bits per heavy atom. The normalized spacial score (nSPS) is 17.6. The van der Waals surface area contributed by atoms with Crippen LogP contribution in [-0.4, -0.2) is 71.2 Å². The van der Waals surface area contributed by atoms with Gasteiger partial charge in [-0.3, -0.25) is 14.9 Å². The van der Waals surface area contributed by atoms with Crippen LogP contribution >= 0.6 is 0 Å². The SMILES string of the molecule is CC(C)(CO)C(O)C(=O)NCCCO.NC(=O)NC1NC(=O)NC1=O. The molecule has 0 radical (unpaired) electrons. The van der Waals surface area contributed by atoms with Gasteiger partial charge in [0.2, 0.25) is 5.91 Å². The van der Waals surface area contributed by atoms with E-state index in [2.05, 4.69) is 10.6 Å². The van der Waals surface area contributed by atoms with E-state index in [0.717, 1.165) is 0 Å². The van der Waals surface area contributed by atoms with Crippen LogP contribution < -0.4 is 27.0 Å². The van der Waals surface area contributed by atoms with Gasteiger partial charge in [0.05, 0.1) is 6.61 Å². The van der Waals surface area contributed by atoms with Crippen LogP contribution in [-0.2, 0) is 9.59 Å². The lowest BCUT2D eigenvalue weighted by Gasteiger charge is -2.27. The fourth-order valence-electron chi connectivity index (χ4n) is 1.49. The van der Waals surface area contributed by atoms with E-state index in [0.29, 0.717) is 13.0 Å². The number of carbonyl (C=O) groups is 4. The van der Waals surface area contributed by atoms with E-state index >= 15 is 0 Å². The highest BCUT2D eigenvalue weighted by atomic mass is 16.3. The van der Waals surface area contributed by atoms with Crippen LogP contribution in [0.1, 0.15) is 20.3 Å². The summed E-state index contributed by atoms with van der Waals surface area (Å²) in [6.07, 6.45) is -1.82. The zero-order valence-electron chi connectivity index (χ0n) is 14.0. The number of aliphatic hydroxyl groups excluding tert-OH is 3. The highest BCUT2D eigenvalue weighted by Crippen LogP contribution is 2.19. The average molecular weight is 363 g/mol. The molecule has 0 spiro atoms. The summed E-state index contributed by atoms with van der Waals surface area (Å²) in [7, 11) is 0. The van der Waals surface area contributed by atoms with Crippen LogP contribution in [0.5, 0.6) is 0 Å². The van der Waals surface area contributed by atoms with Crippen molar-refractivity contribution < 1.29 is 34.5 Å². The van der Waals surface area contributed by atoms with E-state index in [9.17, 15) is 24.3 Å². The molecule has 0 aromatic rings. The number of imide groups is 1. The second-order valence-corrected chi connectivity index (χ2v) is 5.82. The Balaban J connectivity index is 0.000000472. The Labute approximate surface area is 144 Å². The minimum absolute atomic E-state index is 0.000230. The molecule has 1 aliphatic rings. The van der Waals surface area contributed by atoms with Crippen LogP contribution in [0.3, 0.4) is 0 Å². The fourth-order valence-corrected chi connectivity index (χ4v) is 1.49. The van der Waals surface area contributed by atoms with Gasteiger partial charge in [0.1, 0.15) is 6.10 Å². The number of nitrogens with two attached hydrogens (primary N) is 1. The van der Waals surface area contributed by atoms with Gasteiger partial charge >= 0.3 is 12.1 Å². The van der Waals surface area contributed by atoms with E-state index in [4.69, 9.17) is 15.9 Å². The number of primary amides is 1. The molecule has 2 unspecified atom stereocenters. The molecule has 25 heavy (non-hydrogen) atoms. The lowest BCUT2D eigenvalue weighted by atomic mass is 9.87. The maximum absolute atomic E-state index is 11.3. The second kappa shape index (κ2) is 10.4. The standard InChI is InChI=1S/C9H19NO4.C4H6N4O3/c1-9(2,6-12)7(13)8(14)10-4-3-5-11;5-3(10)6-1-2(9)8-4(11)7-1/h7,11-13H,3-6H2,1-2H3,(H,10,14);1H,(H3,5,6,10)(H2,7,8,9,11). The molecule has 6 amide bonds. The van der Waals surface area contributed by atoms with Crippen LogP contribution in [0.25, 0.3) is 0 Å². The molecule has 0 aromatic heterocycles. The number of nitrogens with one attached hydrogen (secondary N) is 4. The van der Waals surface area contributed by atoms with Crippen molar-refractivity contribution in [3.63, 3.8) is 0 Å². The van der Waals surface area contributed by atoms with Gasteiger partial charge in [-0.05, 0) is 6.42 Å². The highest BCUT2D eigenvalue weighted by molar-refractivity contribution is 6.05. The number of aliphatic hydroxyl groups is 3. The summed E-state index contributed by atoms with van der Waals surface area (Å²) in [5.41, 5.74) is 3.85. The van der Waals surface area contributed by atoms with Crippen LogP contribution in [0.2, 0.25) is 0 Å². The molecule has 1 fully saturated rings. The van der Waals surface area contributed by atoms with E-state index in [1.165, 1.54) is 0 Å². The third kappa shape index (κ3) is 8.28. The quantitative estimate of drug-likeness (QED) is 0.171. The molecule has 0 bridgehead atoms. The monoisotopic (exact) mass is 363 g/mol. The summed E-state index contributed by atoms with van der Waals surface area (Å²) >= 11 is 0. The smallest absolute Gasteiger partial charge is 0.323 e. The Hall–Kier alpha value is -2.44. The minimum atomic E-state index is -1.23. The van der Waals surface area contributed by atoms with Crippen LogP contribution in [0, 0.1) is 5.41 Å². The first-order valence-electron chi connectivity index (χ1n) is 7.40. The Bertz CT molecular complexity index is 497. The molecular formula is C13H25N5O7. The molecule has 1 saturated heterocycles. The molecule has 9 N–H and O–H groups in total. The van der Waals surface area contributed by atoms with Crippen LogP contribution in [0.15, 0.2) is 0 Å².